The van der Waals surface area contributed by atoms with E-state index in [1.165, 1.54) is 0 Å². The Morgan fingerprint density at radius 2 is 1.71 bits per heavy atom. The molecule has 7 heteroatoms. The second kappa shape index (κ2) is 8.12. The highest BCUT2D eigenvalue weighted by Crippen LogP contribution is 2.26. The maximum atomic E-state index is 12.9. The molecule has 0 bridgehead atoms. The fourth-order valence-corrected chi connectivity index (χ4v) is 3.54. The lowest BCUT2D eigenvalue weighted by atomic mass is 10.2. The molecule has 0 saturated carbocycles. The Balaban J connectivity index is 1.67. The zero-order valence-electron chi connectivity index (χ0n) is 15.8. The van der Waals surface area contributed by atoms with Crippen LogP contribution in [0.2, 0.25) is 5.02 Å². The lowest BCUT2D eigenvalue weighted by Crippen LogP contribution is -2.47. The third-order valence-electron chi connectivity index (χ3n) is 5.05. The van der Waals surface area contributed by atoms with E-state index in [1.54, 1.807) is 18.6 Å². The molecule has 0 unspecified atom stereocenters. The SMILES string of the molecule is CN1CCN(C(=O)Cc2cnc(-c3ccc(Cl)cc3)n2-c2ccncc2)CC1. The lowest BCUT2D eigenvalue weighted by Gasteiger charge is -2.32. The van der Waals surface area contributed by atoms with Crippen molar-refractivity contribution in [2.45, 2.75) is 6.42 Å². The quantitative estimate of drug-likeness (QED) is 0.681. The Kier molecular flexibility index (Phi) is 5.41. The Bertz CT molecular complexity index is 947. The Morgan fingerprint density at radius 1 is 1.04 bits per heavy atom. The highest BCUT2D eigenvalue weighted by Gasteiger charge is 2.22. The summed E-state index contributed by atoms with van der Waals surface area (Å²) in [5.74, 6) is 0.912. The van der Waals surface area contributed by atoms with Gasteiger partial charge in [-0.2, -0.15) is 0 Å². The molecule has 0 N–H and O–H groups in total. The zero-order valence-corrected chi connectivity index (χ0v) is 16.5. The fraction of sp³-hybridized carbons (Fsp3) is 0.286. The minimum Gasteiger partial charge on any atom is -0.340 e. The summed E-state index contributed by atoms with van der Waals surface area (Å²) in [6.07, 6.45) is 5.59. The van der Waals surface area contributed by atoms with Gasteiger partial charge < -0.3 is 9.80 Å². The number of carbonyl (C=O) groups is 1. The van der Waals surface area contributed by atoms with Gasteiger partial charge in [0.15, 0.2) is 0 Å². The van der Waals surface area contributed by atoms with E-state index in [9.17, 15) is 4.79 Å². The number of rotatable bonds is 4. The van der Waals surface area contributed by atoms with Crippen LogP contribution in [0.5, 0.6) is 0 Å². The number of piperazine rings is 1. The Labute approximate surface area is 169 Å². The molecule has 1 aliphatic rings. The van der Waals surface area contributed by atoms with Crippen molar-refractivity contribution in [2.24, 2.45) is 0 Å². The van der Waals surface area contributed by atoms with Crippen molar-refractivity contribution < 1.29 is 4.79 Å². The third kappa shape index (κ3) is 3.93. The van der Waals surface area contributed by atoms with Gasteiger partial charge in [-0.05, 0) is 43.4 Å². The van der Waals surface area contributed by atoms with Gasteiger partial charge in [0.2, 0.25) is 5.91 Å². The molecule has 0 aliphatic carbocycles. The third-order valence-corrected chi connectivity index (χ3v) is 5.30. The molecule has 28 heavy (non-hydrogen) atoms. The van der Waals surface area contributed by atoms with Crippen LogP contribution in [-0.4, -0.2) is 63.5 Å². The van der Waals surface area contributed by atoms with E-state index in [0.29, 0.717) is 11.4 Å². The summed E-state index contributed by atoms with van der Waals surface area (Å²) in [5, 5.41) is 0.677. The normalized spacial score (nSPS) is 15.0. The van der Waals surface area contributed by atoms with E-state index >= 15 is 0 Å². The summed E-state index contributed by atoms with van der Waals surface area (Å²) in [7, 11) is 2.08. The van der Waals surface area contributed by atoms with Gasteiger partial charge in [0, 0.05) is 55.4 Å². The predicted molar refractivity (Wildman–Crippen MR) is 110 cm³/mol. The summed E-state index contributed by atoms with van der Waals surface area (Å²) < 4.78 is 2.03. The molecule has 144 valence electrons. The van der Waals surface area contributed by atoms with Gasteiger partial charge in [0.1, 0.15) is 5.82 Å². The monoisotopic (exact) mass is 395 g/mol. The van der Waals surface area contributed by atoms with Crippen LogP contribution in [-0.2, 0) is 11.2 Å². The van der Waals surface area contributed by atoms with Crippen LogP contribution in [0.1, 0.15) is 5.69 Å². The van der Waals surface area contributed by atoms with Crippen molar-refractivity contribution in [1.82, 2.24) is 24.3 Å². The molecule has 4 rings (SSSR count). The van der Waals surface area contributed by atoms with Gasteiger partial charge in [-0.3, -0.25) is 14.3 Å². The van der Waals surface area contributed by atoms with Crippen LogP contribution < -0.4 is 0 Å². The van der Waals surface area contributed by atoms with Crippen LogP contribution >= 0.6 is 11.6 Å². The highest BCUT2D eigenvalue weighted by atomic mass is 35.5. The van der Waals surface area contributed by atoms with Crippen LogP contribution in [0.3, 0.4) is 0 Å². The van der Waals surface area contributed by atoms with Gasteiger partial charge in [0.05, 0.1) is 17.8 Å². The number of imidazole rings is 1. The van der Waals surface area contributed by atoms with E-state index in [2.05, 4.69) is 21.9 Å². The molecule has 0 spiro atoms. The van der Waals surface area contributed by atoms with Crippen molar-refractivity contribution >= 4 is 17.5 Å². The number of likely N-dealkylation sites (N-methyl/N-ethyl adjacent to an activating group) is 1. The molecular formula is C21H22ClN5O. The number of hydrogen-bond donors (Lipinski definition) is 0. The first-order chi connectivity index (χ1) is 13.6. The van der Waals surface area contributed by atoms with Crippen molar-refractivity contribution in [3.8, 4) is 17.1 Å². The molecule has 1 aromatic carbocycles. The summed E-state index contributed by atoms with van der Waals surface area (Å²) in [6, 6.07) is 11.4. The molecule has 1 aliphatic heterocycles. The zero-order chi connectivity index (χ0) is 19.5. The standard InChI is InChI=1S/C21H22ClN5O/c1-25-10-12-26(13-11-25)20(28)14-19-15-24-21(16-2-4-17(22)5-3-16)27(19)18-6-8-23-9-7-18/h2-9,15H,10-14H2,1H3. The smallest absolute Gasteiger partial charge is 0.228 e. The van der Waals surface area contributed by atoms with Gasteiger partial charge in [-0.25, -0.2) is 4.98 Å². The molecule has 3 aromatic rings. The van der Waals surface area contributed by atoms with E-state index in [1.807, 2.05) is 45.9 Å². The topological polar surface area (TPSA) is 54.3 Å². The van der Waals surface area contributed by atoms with E-state index in [4.69, 9.17) is 11.6 Å². The van der Waals surface area contributed by atoms with Gasteiger partial charge in [-0.15, -0.1) is 0 Å². The second-order valence-electron chi connectivity index (χ2n) is 6.98. The van der Waals surface area contributed by atoms with Gasteiger partial charge in [-0.1, -0.05) is 11.6 Å². The van der Waals surface area contributed by atoms with Crippen LogP contribution in [0.25, 0.3) is 17.1 Å². The largest absolute Gasteiger partial charge is 0.340 e. The van der Waals surface area contributed by atoms with Crippen LogP contribution in [0, 0.1) is 0 Å². The second-order valence-corrected chi connectivity index (χ2v) is 7.42. The maximum Gasteiger partial charge on any atom is 0.228 e. The van der Waals surface area contributed by atoms with E-state index in [-0.39, 0.29) is 5.91 Å². The molecule has 0 radical (unpaired) electrons. The first-order valence-corrected chi connectivity index (χ1v) is 9.69. The molecular weight excluding hydrogens is 374 g/mol. The first kappa shape index (κ1) is 18.7. The molecule has 1 saturated heterocycles. The number of pyridine rings is 1. The average Bonchev–Trinajstić information content (AvgIpc) is 3.13. The summed E-state index contributed by atoms with van der Waals surface area (Å²) >= 11 is 6.04. The molecule has 0 atom stereocenters. The molecule has 1 fully saturated rings. The number of amides is 1. The van der Waals surface area contributed by atoms with Gasteiger partial charge >= 0.3 is 0 Å². The Hall–Kier alpha value is -2.70. The molecule has 3 heterocycles. The van der Waals surface area contributed by atoms with Crippen molar-refractivity contribution in [3.63, 3.8) is 0 Å². The number of halogens is 1. The summed E-state index contributed by atoms with van der Waals surface area (Å²) in [4.78, 5) is 25.8. The van der Waals surface area contributed by atoms with Crippen molar-refractivity contribution in [1.29, 1.82) is 0 Å². The number of hydrogen-bond acceptors (Lipinski definition) is 4. The number of carbonyl (C=O) groups excluding carboxylic acids is 1. The lowest BCUT2D eigenvalue weighted by molar-refractivity contribution is -0.132. The molecule has 1 amide bonds. The molecule has 6 nitrogen and oxygen atoms in total. The van der Waals surface area contributed by atoms with E-state index in [0.717, 1.165) is 48.9 Å². The summed E-state index contributed by atoms with van der Waals surface area (Å²) in [6.45, 7) is 3.35. The maximum absolute atomic E-state index is 12.9. The Morgan fingerprint density at radius 3 is 2.39 bits per heavy atom. The van der Waals surface area contributed by atoms with Gasteiger partial charge in [0.25, 0.3) is 0 Å². The highest BCUT2D eigenvalue weighted by molar-refractivity contribution is 6.30. The average molecular weight is 396 g/mol. The number of nitrogens with zero attached hydrogens (tertiary/aromatic N) is 5. The van der Waals surface area contributed by atoms with Crippen LogP contribution in [0.4, 0.5) is 0 Å². The van der Waals surface area contributed by atoms with Crippen molar-refractivity contribution in [2.75, 3.05) is 33.2 Å². The minimum absolute atomic E-state index is 0.131. The summed E-state index contributed by atoms with van der Waals surface area (Å²) in [5.41, 5.74) is 2.73. The first-order valence-electron chi connectivity index (χ1n) is 9.31. The number of aromatic nitrogens is 3. The minimum atomic E-state index is 0.131. The van der Waals surface area contributed by atoms with Crippen LogP contribution in [0.15, 0.2) is 55.0 Å². The number of benzene rings is 1. The fourth-order valence-electron chi connectivity index (χ4n) is 3.42. The predicted octanol–water partition coefficient (Wildman–Crippen LogP) is 2.90. The van der Waals surface area contributed by atoms with E-state index < -0.39 is 0 Å². The van der Waals surface area contributed by atoms with Crippen molar-refractivity contribution in [3.05, 3.63) is 65.7 Å². The molecule has 2 aromatic heterocycles.